The van der Waals surface area contributed by atoms with Gasteiger partial charge in [-0.05, 0) is 17.5 Å². The highest BCUT2D eigenvalue weighted by Gasteiger charge is 2.16. The van der Waals surface area contributed by atoms with Crippen molar-refractivity contribution in [1.82, 2.24) is 15.2 Å². The molecular formula is C25H23N5O3S. The first-order chi connectivity index (χ1) is 16.4. The molecule has 1 heterocycles. The summed E-state index contributed by atoms with van der Waals surface area (Å²) in [6, 6.07) is 20.4. The molecule has 0 bridgehead atoms. The molecule has 0 unspecified atom stereocenters. The van der Waals surface area contributed by atoms with Gasteiger partial charge in [0.15, 0.2) is 10.9 Å². The van der Waals surface area contributed by atoms with Crippen molar-refractivity contribution in [3.8, 4) is 11.3 Å². The number of hydrogen-bond donors (Lipinski definition) is 3. The van der Waals surface area contributed by atoms with Crippen molar-refractivity contribution in [2.45, 2.75) is 19.0 Å². The largest absolute Gasteiger partial charge is 0.325 e. The Balaban J connectivity index is 1.46. The third-order valence-corrected chi connectivity index (χ3v) is 5.91. The Bertz CT molecular complexity index is 1410. The fourth-order valence-electron chi connectivity index (χ4n) is 3.29. The minimum atomic E-state index is -0.460. The molecule has 9 heteroatoms. The maximum absolute atomic E-state index is 12.7. The topological polar surface area (TPSA) is 117 Å². The van der Waals surface area contributed by atoms with Crippen molar-refractivity contribution < 1.29 is 9.59 Å². The maximum atomic E-state index is 12.7. The Morgan fingerprint density at radius 2 is 1.62 bits per heavy atom. The summed E-state index contributed by atoms with van der Waals surface area (Å²) >= 11 is 1.08. The summed E-state index contributed by atoms with van der Waals surface area (Å²) in [7, 11) is 0. The van der Waals surface area contributed by atoms with Gasteiger partial charge in [-0.25, -0.2) is 0 Å². The van der Waals surface area contributed by atoms with Crippen LogP contribution in [0.25, 0.3) is 22.0 Å². The van der Waals surface area contributed by atoms with Gasteiger partial charge in [-0.3, -0.25) is 19.4 Å². The first-order valence-electron chi connectivity index (χ1n) is 10.7. The quantitative estimate of drug-likeness (QED) is 0.344. The lowest BCUT2D eigenvalue weighted by molar-refractivity contribution is -0.119. The number of anilines is 2. The first kappa shape index (κ1) is 23.2. The Morgan fingerprint density at radius 3 is 2.41 bits per heavy atom. The van der Waals surface area contributed by atoms with Gasteiger partial charge in [-0.2, -0.15) is 0 Å². The van der Waals surface area contributed by atoms with Crippen LogP contribution in [0.2, 0.25) is 0 Å². The van der Waals surface area contributed by atoms with Gasteiger partial charge >= 0.3 is 0 Å². The molecule has 172 valence electrons. The Labute approximate surface area is 200 Å². The molecule has 0 aliphatic carbocycles. The highest BCUT2D eigenvalue weighted by molar-refractivity contribution is 7.99. The predicted molar refractivity (Wildman–Crippen MR) is 135 cm³/mol. The van der Waals surface area contributed by atoms with Crippen LogP contribution >= 0.6 is 11.8 Å². The van der Waals surface area contributed by atoms with E-state index in [2.05, 4.69) is 25.8 Å². The standard InChI is InChI=1S/C25H23N5O3S/c1-15(2)23(32)27-20-12-6-5-11-18(20)22-24(33)28-25(30-29-22)34-14-21(31)26-19-13-7-9-16-8-3-4-10-17(16)19/h3-13,15H,14H2,1-2H3,(H,26,31)(H,27,32)(H,28,30,33). The molecule has 0 radical (unpaired) electrons. The molecule has 4 aromatic rings. The number of amides is 2. The van der Waals surface area contributed by atoms with Gasteiger partial charge in [0.1, 0.15) is 0 Å². The van der Waals surface area contributed by atoms with Gasteiger partial charge in [0.2, 0.25) is 11.8 Å². The van der Waals surface area contributed by atoms with Crippen molar-refractivity contribution in [3.63, 3.8) is 0 Å². The van der Waals surface area contributed by atoms with Crippen LogP contribution in [-0.2, 0) is 9.59 Å². The average molecular weight is 474 g/mol. The fraction of sp³-hybridized carbons (Fsp3) is 0.160. The summed E-state index contributed by atoms with van der Waals surface area (Å²) in [6.07, 6.45) is 0. The first-order valence-corrected chi connectivity index (χ1v) is 11.7. The van der Waals surface area contributed by atoms with Gasteiger partial charge < -0.3 is 10.6 Å². The van der Waals surface area contributed by atoms with Crippen molar-refractivity contribution >= 4 is 45.7 Å². The highest BCUT2D eigenvalue weighted by atomic mass is 32.2. The predicted octanol–water partition coefficient (Wildman–Crippen LogP) is 4.31. The molecule has 0 aliphatic rings. The molecule has 2 amide bonds. The number of H-pyrrole nitrogens is 1. The van der Waals surface area contributed by atoms with Gasteiger partial charge in [-0.15, -0.1) is 10.2 Å². The number of nitrogens with one attached hydrogen (secondary N) is 3. The molecule has 0 atom stereocenters. The summed E-state index contributed by atoms with van der Waals surface area (Å²) in [6.45, 7) is 3.57. The van der Waals surface area contributed by atoms with Crippen LogP contribution < -0.4 is 16.2 Å². The maximum Gasteiger partial charge on any atom is 0.278 e. The summed E-state index contributed by atoms with van der Waals surface area (Å²) < 4.78 is 0. The number of thioether (sulfide) groups is 1. The summed E-state index contributed by atoms with van der Waals surface area (Å²) in [5.74, 6) is -0.555. The third kappa shape index (κ3) is 5.32. The molecule has 8 nitrogen and oxygen atoms in total. The van der Waals surface area contributed by atoms with E-state index >= 15 is 0 Å². The van der Waals surface area contributed by atoms with Crippen LogP contribution in [0.15, 0.2) is 76.7 Å². The number of nitrogens with zero attached hydrogens (tertiary/aromatic N) is 2. The second-order valence-corrected chi connectivity index (χ2v) is 8.83. The van der Waals surface area contributed by atoms with Crippen LogP contribution in [0, 0.1) is 5.92 Å². The van der Waals surface area contributed by atoms with Gasteiger partial charge in [-0.1, -0.05) is 80.2 Å². The van der Waals surface area contributed by atoms with Gasteiger partial charge in [0.05, 0.1) is 11.4 Å². The number of aromatic nitrogens is 3. The third-order valence-electron chi connectivity index (χ3n) is 5.04. The summed E-state index contributed by atoms with van der Waals surface area (Å²) in [4.78, 5) is 40.0. The highest BCUT2D eigenvalue weighted by Crippen LogP contribution is 2.25. The smallest absolute Gasteiger partial charge is 0.278 e. The number of rotatable bonds is 7. The second kappa shape index (κ2) is 10.3. The van der Waals surface area contributed by atoms with Crippen LogP contribution in [0.4, 0.5) is 11.4 Å². The van der Waals surface area contributed by atoms with E-state index in [1.54, 1.807) is 38.1 Å². The molecule has 1 aromatic heterocycles. The molecule has 0 aliphatic heterocycles. The lowest BCUT2D eigenvalue weighted by Gasteiger charge is -2.11. The summed E-state index contributed by atoms with van der Waals surface area (Å²) in [5.41, 5.74) is 1.30. The van der Waals surface area contributed by atoms with Crippen LogP contribution in [-0.4, -0.2) is 32.7 Å². The average Bonchev–Trinajstić information content (AvgIpc) is 2.83. The molecule has 0 fully saturated rings. The number of benzene rings is 3. The normalized spacial score (nSPS) is 10.9. The second-order valence-electron chi connectivity index (χ2n) is 7.86. The van der Waals surface area contributed by atoms with E-state index in [4.69, 9.17) is 0 Å². The number of fused-ring (bicyclic) bond motifs is 1. The fourth-order valence-corrected chi connectivity index (χ4v) is 3.90. The van der Waals surface area contributed by atoms with Gasteiger partial charge in [0, 0.05) is 22.6 Å². The number of carbonyl (C=O) groups excluding carboxylic acids is 2. The van der Waals surface area contributed by atoms with Crippen molar-refractivity contribution in [2.75, 3.05) is 16.4 Å². The van der Waals surface area contributed by atoms with Crippen LogP contribution in [0.3, 0.4) is 0 Å². The van der Waals surface area contributed by atoms with E-state index in [1.165, 1.54) is 0 Å². The Hall–Kier alpha value is -3.98. The van der Waals surface area contributed by atoms with E-state index in [0.717, 1.165) is 28.2 Å². The SMILES string of the molecule is CC(C)C(=O)Nc1ccccc1-c1nnc(SCC(=O)Nc2cccc3ccccc23)[nH]c1=O. The van der Waals surface area contributed by atoms with E-state index in [9.17, 15) is 14.4 Å². The van der Waals surface area contributed by atoms with Crippen molar-refractivity contribution in [1.29, 1.82) is 0 Å². The van der Waals surface area contributed by atoms with Crippen molar-refractivity contribution in [3.05, 3.63) is 77.1 Å². The molecule has 4 rings (SSSR count). The van der Waals surface area contributed by atoms with Crippen molar-refractivity contribution in [2.24, 2.45) is 5.92 Å². The molecule has 0 saturated carbocycles. The molecule has 3 aromatic carbocycles. The zero-order valence-corrected chi connectivity index (χ0v) is 19.5. The lowest BCUT2D eigenvalue weighted by atomic mass is 10.1. The number of aromatic amines is 1. The molecule has 0 saturated heterocycles. The molecular weight excluding hydrogens is 450 g/mol. The number of para-hydroxylation sites is 1. The molecule has 3 N–H and O–H groups in total. The Morgan fingerprint density at radius 1 is 0.912 bits per heavy atom. The van der Waals surface area contributed by atoms with Crippen LogP contribution in [0.1, 0.15) is 13.8 Å². The summed E-state index contributed by atoms with van der Waals surface area (Å²) in [5, 5.41) is 16.0. The van der Waals surface area contributed by atoms with Crippen LogP contribution in [0.5, 0.6) is 0 Å². The van der Waals surface area contributed by atoms with E-state index in [1.807, 2.05) is 42.5 Å². The monoisotopic (exact) mass is 473 g/mol. The van der Waals surface area contributed by atoms with Gasteiger partial charge in [0.25, 0.3) is 5.56 Å². The Kier molecular flexibility index (Phi) is 7.03. The number of carbonyl (C=O) groups is 2. The molecule has 0 spiro atoms. The molecule has 34 heavy (non-hydrogen) atoms. The zero-order valence-electron chi connectivity index (χ0n) is 18.7. The van der Waals surface area contributed by atoms with E-state index < -0.39 is 5.56 Å². The zero-order chi connectivity index (χ0) is 24.1. The minimum absolute atomic E-state index is 0.0498. The number of hydrogen-bond acceptors (Lipinski definition) is 6. The van der Waals surface area contributed by atoms with E-state index in [0.29, 0.717) is 11.3 Å². The van der Waals surface area contributed by atoms with E-state index in [-0.39, 0.29) is 34.3 Å². The lowest BCUT2D eigenvalue weighted by Crippen LogP contribution is -2.20. The minimum Gasteiger partial charge on any atom is -0.325 e.